The minimum absolute atomic E-state index is 0.0116. The number of carbonyl (C=O) groups excluding carboxylic acids is 2. The maximum absolute atomic E-state index is 13.7. The third-order valence-electron chi connectivity index (χ3n) is 6.75. The average Bonchev–Trinajstić information content (AvgIpc) is 2.74. The first-order valence-electron chi connectivity index (χ1n) is 11.1. The molecule has 162 valence electrons. The van der Waals surface area contributed by atoms with Crippen molar-refractivity contribution < 1.29 is 9.59 Å². The molecule has 5 rings (SSSR count). The van der Waals surface area contributed by atoms with Crippen molar-refractivity contribution in [2.75, 3.05) is 4.90 Å². The minimum Gasteiger partial charge on any atom is -0.294 e. The molecule has 1 atom stereocenters. The quantitative estimate of drug-likeness (QED) is 0.429. The van der Waals surface area contributed by atoms with Crippen molar-refractivity contribution in [1.82, 2.24) is 0 Å². The zero-order valence-electron chi connectivity index (χ0n) is 18.6. The van der Waals surface area contributed by atoms with Gasteiger partial charge >= 0.3 is 0 Å². The number of fused-ring (bicyclic) bond motifs is 1. The summed E-state index contributed by atoms with van der Waals surface area (Å²) in [4.78, 5) is 29.0. The Morgan fingerprint density at radius 2 is 1.72 bits per heavy atom. The lowest BCUT2D eigenvalue weighted by molar-refractivity contribution is -0.121. The number of nitrogens with zero attached hydrogens (tertiary/aromatic N) is 1. The molecule has 0 bridgehead atoms. The molecular formula is C28H26ClNO2. The van der Waals surface area contributed by atoms with Crippen LogP contribution < -0.4 is 4.90 Å². The van der Waals surface area contributed by atoms with Crippen molar-refractivity contribution in [3.8, 4) is 0 Å². The summed E-state index contributed by atoms with van der Waals surface area (Å²) in [5.74, 6) is -0.0770. The number of ketones is 1. The summed E-state index contributed by atoms with van der Waals surface area (Å²) >= 11 is 6.31. The SMILES string of the molecule is Cc1ccc(Cl)cc1N1C(=O)CC(c2cccc3ccccc23)C2=C1CC(C)(C)CC2=O. The van der Waals surface area contributed by atoms with E-state index in [1.54, 1.807) is 4.90 Å². The molecule has 1 aliphatic carbocycles. The molecule has 1 aliphatic heterocycles. The van der Waals surface area contributed by atoms with Crippen molar-refractivity contribution in [3.63, 3.8) is 0 Å². The molecule has 3 aromatic carbocycles. The van der Waals surface area contributed by atoms with Gasteiger partial charge in [0, 0.05) is 35.1 Å². The predicted molar refractivity (Wildman–Crippen MR) is 130 cm³/mol. The van der Waals surface area contributed by atoms with Gasteiger partial charge in [-0.15, -0.1) is 0 Å². The van der Waals surface area contributed by atoms with Crippen LogP contribution in [0, 0.1) is 12.3 Å². The maximum Gasteiger partial charge on any atom is 0.232 e. The van der Waals surface area contributed by atoms with Crippen LogP contribution in [-0.4, -0.2) is 11.7 Å². The highest BCUT2D eigenvalue weighted by molar-refractivity contribution is 6.31. The van der Waals surface area contributed by atoms with Gasteiger partial charge in [-0.3, -0.25) is 14.5 Å². The number of aryl methyl sites for hydroxylation is 1. The van der Waals surface area contributed by atoms with E-state index < -0.39 is 0 Å². The maximum atomic E-state index is 13.7. The smallest absolute Gasteiger partial charge is 0.232 e. The molecule has 32 heavy (non-hydrogen) atoms. The van der Waals surface area contributed by atoms with Gasteiger partial charge in [-0.1, -0.05) is 74.0 Å². The monoisotopic (exact) mass is 443 g/mol. The number of benzene rings is 3. The standard InChI is InChI=1S/C28H26ClNO2/c1-17-11-12-19(29)13-23(17)30-24-15-28(2,3)16-25(31)27(24)22(14-26(30)32)21-10-6-8-18-7-4-5-9-20(18)21/h4-13,22H,14-16H2,1-3H3. The molecular weight excluding hydrogens is 418 g/mol. The van der Waals surface area contributed by atoms with E-state index in [0.29, 0.717) is 17.9 Å². The van der Waals surface area contributed by atoms with Crippen LogP contribution in [0.3, 0.4) is 0 Å². The first-order valence-corrected chi connectivity index (χ1v) is 11.5. The molecule has 1 unspecified atom stereocenters. The van der Waals surface area contributed by atoms with Gasteiger partial charge in [0.05, 0.1) is 5.69 Å². The topological polar surface area (TPSA) is 37.4 Å². The highest BCUT2D eigenvalue weighted by atomic mass is 35.5. The largest absolute Gasteiger partial charge is 0.294 e. The van der Waals surface area contributed by atoms with Crippen LogP contribution in [0.4, 0.5) is 5.69 Å². The first-order chi connectivity index (χ1) is 15.2. The fraction of sp³-hybridized carbons (Fsp3) is 0.286. The summed E-state index contributed by atoms with van der Waals surface area (Å²) < 4.78 is 0. The number of halogens is 1. The van der Waals surface area contributed by atoms with Crippen LogP contribution >= 0.6 is 11.6 Å². The van der Waals surface area contributed by atoms with Crippen LogP contribution in [0.1, 0.15) is 50.2 Å². The lowest BCUT2D eigenvalue weighted by atomic mass is 9.68. The molecule has 3 nitrogen and oxygen atoms in total. The fourth-order valence-corrected chi connectivity index (χ4v) is 5.50. The zero-order valence-corrected chi connectivity index (χ0v) is 19.4. The van der Waals surface area contributed by atoms with Crippen molar-refractivity contribution >= 4 is 39.8 Å². The van der Waals surface area contributed by atoms with Crippen molar-refractivity contribution in [1.29, 1.82) is 0 Å². The lowest BCUT2D eigenvalue weighted by Gasteiger charge is -2.43. The molecule has 1 amide bonds. The number of rotatable bonds is 2. The molecule has 0 saturated carbocycles. The fourth-order valence-electron chi connectivity index (χ4n) is 5.34. The summed E-state index contributed by atoms with van der Waals surface area (Å²) in [6.07, 6.45) is 1.43. The van der Waals surface area contributed by atoms with Gasteiger partial charge in [-0.2, -0.15) is 0 Å². The lowest BCUT2D eigenvalue weighted by Crippen LogP contribution is -2.44. The molecule has 4 heteroatoms. The Morgan fingerprint density at radius 3 is 2.53 bits per heavy atom. The molecule has 0 spiro atoms. The molecule has 0 saturated heterocycles. The Balaban J connectivity index is 1.76. The van der Waals surface area contributed by atoms with Crippen LogP contribution in [-0.2, 0) is 9.59 Å². The number of Topliss-reactive ketones (excluding diaryl/α,β-unsaturated/α-hetero) is 1. The molecule has 0 radical (unpaired) electrons. The molecule has 3 aromatic rings. The Morgan fingerprint density at radius 1 is 0.969 bits per heavy atom. The Labute approximate surface area is 193 Å². The third-order valence-corrected chi connectivity index (χ3v) is 6.99. The molecule has 2 aliphatic rings. The number of hydrogen-bond donors (Lipinski definition) is 0. The second-order valence-corrected chi connectivity index (χ2v) is 10.2. The predicted octanol–water partition coefficient (Wildman–Crippen LogP) is 6.97. The highest BCUT2D eigenvalue weighted by Crippen LogP contribution is 2.49. The second kappa shape index (κ2) is 7.60. The van der Waals surface area contributed by atoms with E-state index in [1.165, 1.54) is 0 Å². The Bertz CT molecular complexity index is 1300. The summed E-state index contributed by atoms with van der Waals surface area (Å²) in [7, 11) is 0. The van der Waals surface area contributed by atoms with E-state index in [0.717, 1.165) is 38.9 Å². The molecule has 0 aromatic heterocycles. The first kappa shape index (κ1) is 21.0. The van der Waals surface area contributed by atoms with Crippen molar-refractivity contribution in [2.24, 2.45) is 5.41 Å². The van der Waals surface area contributed by atoms with Crippen molar-refractivity contribution in [3.05, 3.63) is 88.1 Å². The van der Waals surface area contributed by atoms with Crippen molar-refractivity contribution in [2.45, 2.75) is 46.0 Å². The molecule has 1 heterocycles. The Hall–Kier alpha value is -2.91. The van der Waals surface area contributed by atoms with E-state index in [2.05, 4.69) is 38.1 Å². The van der Waals surface area contributed by atoms with E-state index in [9.17, 15) is 9.59 Å². The van der Waals surface area contributed by atoms with Crippen LogP contribution in [0.5, 0.6) is 0 Å². The summed E-state index contributed by atoms with van der Waals surface area (Å²) in [5, 5.41) is 2.80. The van der Waals surface area contributed by atoms with Gasteiger partial charge in [0.15, 0.2) is 5.78 Å². The minimum atomic E-state index is -0.233. The number of allylic oxidation sites excluding steroid dienone is 2. The van der Waals surface area contributed by atoms with Crippen LogP contribution in [0.15, 0.2) is 71.9 Å². The van der Waals surface area contributed by atoms with E-state index in [4.69, 9.17) is 11.6 Å². The Kier molecular flexibility index (Phi) is 4.98. The number of hydrogen-bond acceptors (Lipinski definition) is 2. The van der Waals surface area contributed by atoms with Gasteiger partial charge in [-0.25, -0.2) is 0 Å². The van der Waals surface area contributed by atoms with Crippen LogP contribution in [0.2, 0.25) is 5.02 Å². The summed E-state index contributed by atoms with van der Waals surface area (Å²) in [6, 6.07) is 19.9. The van der Waals surface area contributed by atoms with Gasteiger partial charge < -0.3 is 0 Å². The normalized spacial score (nSPS) is 20.6. The number of amides is 1. The van der Waals surface area contributed by atoms with E-state index in [1.807, 2.05) is 43.3 Å². The second-order valence-electron chi connectivity index (χ2n) is 9.79. The highest BCUT2D eigenvalue weighted by Gasteiger charge is 2.44. The zero-order chi connectivity index (χ0) is 22.6. The third kappa shape index (κ3) is 3.45. The van der Waals surface area contributed by atoms with Gasteiger partial charge in [0.2, 0.25) is 5.91 Å². The average molecular weight is 444 g/mol. The van der Waals surface area contributed by atoms with Gasteiger partial charge in [0.1, 0.15) is 0 Å². The summed E-state index contributed by atoms with van der Waals surface area (Å²) in [5.41, 5.74) is 4.22. The van der Waals surface area contributed by atoms with Crippen LogP contribution in [0.25, 0.3) is 10.8 Å². The molecule has 0 N–H and O–H groups in total. The van der Waals surface area contributed by atoms with Gasteiger partial charge in [-0.05, 0) is 52.8 Å². The molecule has 0 fully saturated rings. The van der Waals surface area contributed by atoms with Gasteiger partial charge in [0.25, 0.3) is 0 Å². The van der Waals surface area contributed by atoms with E-state index >= 15 is 0 Å². The van der Waals surface area contributed by atoms with E-state index in [-0.39, 0.29) is 29.4 Å². The number of anilines is 1. The summed E-state index contributed by atoms with van der Waals surface area (Å²) in [6.45, 7) is 6.18. The number of carbonyl (C=O) groups is 2.